The molecule has 1 atom stereocenters. The molecule has 3 aromatic rings. The van der Waals surface area contributed by atoms with Gasteiger partial charge in [0.2, 0.25) is 0 Å². The van der Waals surface area contributed by atoms with Gasteiger partial charge in [-0.1, -0.05) is 65.9 Å². The molecule has 9 heteroatoms. The van der Waals surface area contributed by atoms with Crippen molar-refractivity contribution in [3.05, 3.63) is 108 Å². The van der Waals surface area contributed by atoms with Crippen molar-refractivity contribution in [2.45, 2.75) is 19.9 Å². The summed E-state index contributed by atoms with van der Waals surface area (Å²) in [7, 11) is 0. The largest absolute Gasteiger partial charge is 0.458 e. The molecule has 4 rings (SSSR count). The Morgan fingerprint density at radius 1 is 1.20 bits per heavy atom. The van der Waals surface area contributed by atoms with Crippen LogP contribution in [0, 0.1) is 0 Å². The Morgan fingerprint density at radius 3 is 2.57 bits per heavy atom. The molecule has 178 valence electrons. The molecule has 1 aliphatic rings. The van der Waals surface area contributed by atoms with Crippen LogP contribution in [0.5, 0.6) is 5.75 Å². The van der Waals surface area contributed by atoms with Gasteiger partial charge >= 0.3 is 11.9 Å². The second-order valence-corrected chi connectivity index (χ2v) is 9.07. The third-order valence-corrected chi connectivity index (χ3v) is 6.55. The van der Waals surface area contributed by atoms with Crippen molar-refractivity contribution in [3.63, 3.8) is 0 Å². The van der Waals surface area contributed by atoms with Crippen molar-refractivity contribution in [1.82, 2.24) is 4.57 Å². The maximum Gasteiger partial charge on any atom is 0.338 e. The van der Waals surface area contributed by atoms with Crippen LogP contribution in [0.25, 0.3) is 6.08 Å². The lowest BCUT2D eigenvalue weighted by molar-refractivity contribution is -0.138. The number of ether oxygens (including phenoxy) is 2. The molecule has 2 heterocycles. The molecule has 0 aliphatic carbocycles. The van der Waals surface area contributed by atoms with Crippen LogP contribution >= 0.6 is 22.9 Å². The monoisotopic (exact) mass is 508 g/mol. The van der Waals surface area contributed by atoms with E-state index >= 15 is 0 Å². The fourth-order valence-corrected chi connectivity index (χ4v) is 4.96. The third-order valence-electron chi connectivity index (χ3n) is 5.22. The summed E-state index contributed by atoms with van der Waals surface area (Å²) < 4.78 is 12.3. The quantitative estimate of drug-likeness (QED) is 0.289. The van der Waals surface area contributed by atoms with Crippen molar-refractivity contribution in [1.29, 1.82) is 0 Å². The average Bonchev–Trinajstić information content (AvgIpc) is 3.12. The van der Waals surface area contributed by atoms with E-state index in [-0.39, 0.29) is 17.7 Å². The summed E-state index contributed by atoms with van der Waals surface area (Å²) >= 11 is 7.50. The van der Waals surface area contributed by atoms with Crippen LogP contribution in [0.2, 0.25) is 5.02 Å². The van der Waals surface area contributed by atoms with Gasteiger partial charge in [0, 0.05) is 11.9 Å². The van der Waals surface area contributed by atoms with Crippen molar-refractivity contribution >= 4 is 41.0 Å². The van der Waals surface area contributed by atoms with E-state index in [1.807, 2.05) is 18.2 Å². The molecule has 0 saturated carbocycles. The lowest BCUT2D eigenvalue weighted by atomic mass is 9.96. The summed E-state index contributed by atoms with van der Waals surface area (Å²) in [5.74, 6) is -0.695. The summed E-state index contributed by atoms with van der Waals surface area (Å²) in [5, 5.41) is 0.515. The number of carbonyl (C=O) groups excluding carboxylic acids is 2. The molecule has 0 spiro atoms. The number of aromatic nitrogens is 1. The summed E-state index contributed by atoms with van der Waals surface area (Å²) in [6.45, 7) is 6.61. The Labute approximate surface area is 209 Å². The minimum absolute atomic E-state index is 0.0185. The van der Waals surface area contributed by atoms with Crippen LogP contribution < -0.4 is 19.6 Å². The number of hydrogen-bond acceptors (Lipinski definition) is 7. The number of hydrogen-bond donors (Lipinski definition) is 0. The van der Waals surface area contributed by atoms with E-state index in [0.717, 1.165) is 0 Å². The van der Waals surface area contributed by atoms with Gasteiger partial charge in [0.1, 0.15) is 12.4 Å². The second-order valence-electron chi connectivity index (χ2n) is 7.65. The predicted molar refractivity (Wildman–Crippen MR) is 134 cm³/mol. The molecular formula is C26H21ClN2O5S. The summed E-state index contributed by atoms with van der Waals surface area (Å²) in [6.07, 6.45) is 3.18. The number of nitrogens with zero attached hydrogens (tertiary/aromatic N) is 2. The molecule has 0 radical (unpaired) electrons. The summed E-state index contributed by atoms with van der Waals surface area (Å²) in [5.41, 5.74) is 1.70. The topological polar surface area (TPSA) is 87.0 Å². The smallest absolute Gasteiger partial charge is 0.338 e. The van der Waals surface area contributed by atoms with Crippen LogP contribution in [0.4, 0.5) is 0 Å². The maximum atomic E-state index is 13.6. The van der Waals surface area contributed by atoms with Crippen LogP contribution in [-0.4, -0.2) is 23.1 Å². The van der Waals surface area contributed by atoms with Gasteiger partial charge in [0.05, 0.1) is 21.8 Å². The first-order valence-corrected chi connectivity index (χ1v) is 11.8. The van der Waals surface area contributed by atoms with E-state index in [1.165, 1.54) is 28.9 Å². The number of carbonyl (C=O) groups is 2. The highest BCUT2D eigenvalue weighted by atomic mass is 35.5. The zero-order valence-electron chi connectivity index (χ0n) is 19.0. The van der Waals surface area contributed by atoms with Gasteiger partial charge in [-0.05, 0) is 42.3 Å². The van der Waals surface area contributed by atoms with Gasteiger partial charge < -0.3 is 9.47 Å². The van der Waals surface area contributed by atoms with E-state index in [2.05, 4.69) is 11.6 Å². The van der Waals surface area contributed by atoms with E-state index in [1.54, 1.807) is 43.3 Å². The molecule has 35 heavy (non-hydrogen) atoms. The Hall–Kier alpha value is -3.75. The van der Waals surface area contributed by atoms with Crippen LogP contribution in [-0.2, 0) is 14.3 Å². The number of benzene rings is 2. The second kappa shape index (κ2) is 10.2. The number of fused-ring (bicyclic) bond motifs is 1. The zero-order chi connectivity index (χ0) is 25.1. The molecule has 2 aromatic carbocycles. The highest BCUT2D eigenvalue weighted by molar-refractivity contribution is 7.07. The third kappa shape index (κ3) is 5.03. The average molecular weight is 509 g/mol. The molecule has 0 N–H and O–H groups in total. The number of rotatable bonds is 6. The highest BCUT2D eigenvalue weighted by Gasteiger charge is 2.33. The molecular weight excluding hydrogens is 488 g/mol. The zero-order valence-corrected chi connectivity index (χ0v) is 20.6. The summed E-state index contributed by atoms with van der Waals surface area (Å²) in [6, 6.07) is 13.0. The van der Waals surface area contributed by atoms with Crippen LogP contribution in [0.15, 0.2) is 82.2 Å². The van der Waals surface area contributed by atoms with Crippen LogP contribution in [0.3, 0.4) is 0 Å². The molecule has 1 aromatic heterocycles. The number of halogens is 1. The van der Waals surface area contributed by atoms with Crippen LogP contribution in [0.1, 0.15) is 31.0 Å². The number of esters is 2. The van der Waals surface area contributed by atoms with E-state index in [4.69, 9.17) is 21.1 Å². The van der Waals surface area contributed by atoms with Gasteiger partial charge in [-0.15, -0.1) is 0 Å². The summed E-state index contributed by atoms with van der Waals surface area (Å²) in [4.78, 5) is 42.9. The minimum Gasteiger partial charge on any atom is -0.458 e. The van der Waals surface area contributed by atoms with Crippen molar-refractivity contribution in [2.24, 2.45) is 4.99 Å². The molecule has 7 nitrogen and oxygen atoms in total. The van der Waals surface area contributed by atoms with Gasteiger partial charge in [0.25, 0.3) is 5.56 Å². The fourth-order valence-electron chi connectivity index (χ4n) is 3.73. The standard InChI is InChI=1S/C26H21ClN2O5S/c1-4-13-33-25(32)22-15(2)28-26-29(23(22)17-9-11-19(12-10-17)34-16(3)30)24(31)21(35-26)14-18-7-5-6-8-20(18)27/h4-12,14,23H,1,13H2,2-3H3/b21-14-. The molecule has 0 saturated heterocycles. The Balaban J connectivity index is 1.91. The molecule has 1 unspecified atom stereocenters. The Bertz CT molecular complexity index is 1530. The Morgan fingerprint density at radius 2 is 1.91 bits per heavy atom. The lowest BCUT2D eigenvalue weighted by Crippen LogP contribution is -2.39. The molecule has 0 bridgehead atoms. The van der Waals surface area contributed by atoms with E-state index in [0.29, 0.717) is 36.9 Å². The van der Waals surface area contributed by atoms with Gasteiger partial charge in [-0.3, -0.25) is 14.2 Å². The first kappa shape index (κ1) is 24.4. The fraction of sp³-hybridized carbons (Fsp3) is 0.154. The maximum absolute atomic E-state index is 13.6. The van der Waals surface area contributed by atoms with E-state index < -0.39 is 18.0 Å². The van der Waals surface area contributed by atoms with Gasteiger partial charge in [0.15, 0.2) is 4.80 Å². The first-order chi connectivity index (χ1) is 16.8. The van der Waals surface area contributed by atoms with Gasteiger partial charge in [-0.2, -0.15) is 0 Å². The van der Waals surface area contributed by atoms with Gasteiger partial charge in [-0.25, -0.2) is 9.79 Å². The highest BCUT2D eigenvalue weighted by Crippen LogP contribution is 2.31. The van der Waals surface area contributed by atoms with Crippen molar-refractivity contribution < 1.29 is 19.1 Å². The number of allylic oxidation sites excluding steroid dienone is 1. The molecule has 0 amide bonds. The minimum atomic E-state index is -0.789. The number of thiazole rings is 1. The molecule has 1 aliphatic heterocycles. The SMILES string of the molecule is C=CCOC(=O)C1=C(C)N=c2s/c(=C\c3ccccc3Cl)c(=O)n2C1c1ccc(OC(C)=O)cc1. The Kier molecular flexibility index (Phi) is 7.14. The lowest BCUT2D eigenvalue weighted by Gasteiger charge is -2.24. The molecule has 0 fully saturated rings. The predicted octanol–water partition coefficient (Wildman–Crippen LogP) is 3.54. The first-order valence-electron chi connectivity index (χ1n) is 10.6. The van der Waals surface area contributed by atoms with Crippen molar-refractivity contribution in [2.75, 3.05) is 6.61 Å². The van der Waals surface area contributed by atoms with E-state index in [9.17, 15) is 14.4 Å². The normalized spacial score (nSPS) is 15.3. The van der Waals surface area contributed by atoms with Crippen molar-refractivity contribution in [3.8, 4) is 5.75 Å².